The van der Waals surface area contributed by atoms with Gasteiger partial charge >= 0.3 is 0 Å². The first-order chi connectivity index (χ1) is 11.4. The fourth-order valence-electron chi connectivity index (χ4n) is 4.08. The van der Waals surface area contributed by atoms with E-state index in [9.17, 15) is 13.6 Å². The average Bonchev–Trinajstić information content (AvgIpc) is 2.56. The molecule has 1 heterocycles. The average molecular weight is 334 g/mol. The van der Waals surface area contributed by atoms with E-state index in [1.807, 2.05) is 6.92 Å². The summed E-state index contributed by atoms with van der Waals surface area (Å²) in [6.07, 6.45) is 6.48. The minimum Gasteiger partial charge on any atom is -0.327 e. The lowest BCUT2D eigenvalue weighted by atomic mass is 9.75. The third kappa shape index (κ3) is 2.75. The molecule has 130 valence electrons. The maximum absolute atomic E-state index is 13.7. The van der Waals surface area contributed by atoms with Crippen LogP contribution in [0.5, 0.6) is 0 Å². The van der Waals surface area contributed by atoms with Crippen molar-refractivity contribution in [2.45, 2.75) is 50.1 Å². The summed E-state index contributed by atoms with van der Waals surface area (Å²) in [4.78, 5) is 15.0. The number of amides is 1. The number of hydrogen-bond acceptors (Lipinski definition) is 2. The van der Waals surface area contributed by atoms with Crippen LogP contribution in [0.1, 0.15) is 44.6 Å². The zero-order chi connectivity index (χ0) is 17.4. The first kappa shape index (κ1) is 17.1. The van der Waals surface area contributed by atoms with Crippen molar-refractivity contribution in [3.8, 4) is 0 Å². The van der Waals surface area contributed by atoms with Crippen molar-refractivity contribution in [1.29, 1.82) is 0 Å². The molecule has 0 unspecified atom stereocenters. The Kier molecular flexibility index (Phi) is 4.47. The van der Waals surface area contributed by atoms with Crippen LogP contribution in [0, 0.1) is 11.6 Å². The smallest absolute Gasteiger partial charge is 0.243 e. The van der Waals surface area contributed by atoms with Gasteiger partial charge in [-0.1, -0.05) is 25.3 Å². The number of piperazine rings is 1. The molecule has 1 amide bonds. The molecule has 2 fully saturated rings. The lowest BCUT2D eigenvalue weighted by Crippen LogP contribution is -2.71. The van der Waals surface area contributed by atoms with Crippen molar-refractivity contribution in [2.75, 3.05) is 13.1 Å². The van der Waals surface area contributed by atoms with Crippen LogP contribution >= 0.6 is 0 Å². The molecule has 1 saturated carbocycles. The number of carbonyl (C=O) groups is 1. The van der Waals surface area contributed by atoms with Gasteiger partial charge in [-0.25, -0.2) is 8.78 Å². The van der Waals surface area contributed by atoms with E-state index in [2.05, 4.69) is 11.9 Å². The van der Waals surface area contributed by atoms with E-state index in [-0.39, 0.29) is 5.91 Å². The standard InChI is InChI=1S/C19H24F2N2O/c1-3-9-23-17(24)19(7-5-4-6-8-19)22-13-18(23,2)14-10-15(20)12-16(21)11-14/h3,10-12,22H,1,4-9,13H2,2H3/t18-/m0/s1. The fourth-order valence-corrected chi connectivity index (χ4v) is 4.08. The zero-order valence-corrected chi connectivity index (χ0v) is 14.1. The summed E-state index contributed by atoms with van der Waals surface area (Å²) in [5, 5.41) is 3.43. The van der Waals surface area contributed by atoms with Crippen molar-refractivity contribution in [1.82, 2.24) is 10.2 Å². The van der Waals surface area contributed by atoms with Gasteiger partial charge in [0.2, 0.25) is 5.91 Å². The molecule has 1 aliphatic carbocycles. The van der Waals surface area contributed by atoms with Crippen molar-refractivity contribution in [3.05, 3.63) is 48.1 Å². The van der Waals surface area contributed by atoms with Crippen LogP contribution in [0.3, 0.4) is 0 Å². The predicted molar refractivity (Wildman–Crippen MR) is 89.4 cm³/mol. The summed E-state index contributed by atoms with van der Waals surface area (Å²) in [5.74, 6) is -1.24. The minimum absolute atomic E-state index is 0.0144. The van der Waals surface area contributed by atoms with Gasteiger partial charge in [-0.05, 0) is 37.5 Å². The molecule has 1 spiro atoms. The molecule has 0 aromatic heterocycles. The second-order valence-corrected chi connectivity index (χ2v) is 7.13. The minimum atomic E-state index is -0.809. The van der Waals surface area contributed by atoms with Crippen LogP contribution in [0.2, 0.25) is 0 Å². The summed E-state index contributed by atoms with van der Waals surface area (Å²) in [7, 11) is 0. The molecular formula is C19H24F2N2O. The van der Waals surface area contributed by atoms with Crippen molar-refractivity contribution in [2.24, 2.45) is 0 Å². The second-order valence-electron chi connectivity index (χ2n) is 7.13. The SMILES string of the molecule is C=CCN1C(=O)C2(CCCCC2)NC[C@@]1(C)c1cc(F)cc(F)c1. The maximum Gasteiger partial charge on any atom is 0.243 e. The van der Waals surface area contributed by atoms with E-state index in [0.29, 0.717) is 18.7 Å². The third-order valence-electron chi connectivity index (χ3n) is 5.52. The summed E-state index contributed by atoms with van der Waals surface area (Å²) in [6, 6.07) is 3.48. The van der Waals surface area contributed by atoms with Gasteiger partial charge in [-0.2, -0.15) is 0 Å². The van der Waals surface area contributed by atoms with Gasteiger partial charge < -0.3 is 10.2 Å². The highest BCUT2D eigenvalue weighted by molar-refractivity contribution is 5.88. The Balaban J connectivity index is 2.01. The molecule has 1 aromatic carbocycles. The third-order valence-corrected chi connectivity index (χ3v) is 5.52. The largest absolute Gasteiger partial charge is 0.327 e. The molecule has 24 heavy (non-hydrogen) atoms. The number of hydrogen-bond donors (Lipinski definition) is 1. The maximum atomic E-state index is 13.7. The van der Waals surface area contributed by atoms with Crippen molar-refractivity contribution >= 4 is 5.91 Å². The van der Waals surface area contributed by atoms with Crippen LogP contribution in [0.15, 0.2) is 30.9 Å². The number of nitrogens with one attached hydrogen (secondary N) is 1. The van der Waals surface area contributed by atoms with E-state index < -0.39 is 22.7 Å². The lowest BCUT2D eigenvalue weighted by Gasteiger charge is -2.53. The number of halogens is 2. The van der Waals surface area contributed by atoms with Gasteiger partial charge in [0.15, 0.2) is 0 Å². The van der Waals surface area contributed by atoms with Gasteiger partial charge in [0.25, 0.3) is 0 Å². The van der Waals surface area contributed by atoms with E-state index in [0.717, 1.165) is 38.2 Å². The highest BCUT2D eigenvalue weighted by atomic mass is 19.1. The van der Waals surface area contributed by atoms with Crippen molar-refractivity contribution in [3.63, 3.8) is 0 Å². The number of carbonyl (C=O) groups excluding carboxylic acids is 1. The first-order valence-electron chi connectivity index (χ1n) is 8.56. The number of nitrogens with zero attached hydrogens (tertiary/aromatic N) is 1. The number of benzene rings is 1. The summed E-state index contributed by atoms with van der Waals surface area (Å²) < 4.78 is 27.5. The molecular weight excluding hydrogens is 310 g/mol. The van der Waals surface area contributed by atoms with Crippen LogP contribution in [0.4, 0.5) is 8.78 Å². The molecule has 1 atom stereocenters. The summed E-state index contributed by atoms with van der Waals surface area (Å²) in [6.45, 7) is 6.43. The Labute approximate surface area is 141 Å². The Morgan fingerprint density at radius 1 is 1.21 bits per heavy atom. The molecule has 3 rings (SSSR count). The fraction of sp³-hybridized carbons (Fsp3) is 0.526. The Morgan fingerprint density at radius 3 is 2.42 bits per heavy atom. The van der Waals surface area contributed by atoms with E-state index in [4.69, 9.17) is 0 Å². The zero-order valence-electron chi connectivity index (χ0n) is 14.1. The highest BCUT2D eigenvalue weighted by Gasteiger charge is 2.52. The molecule has 1 saturated heterocycles. The molecule has 0 bridgehead atoms. The molecule has 5 heteroatoms. The van der Waals surface area contributed by atoms with Crippen molar-refractivity contribution < 1.29 is 13.6 Å². The second kappa shape index (κ2) is 6.28. The first-order valence-corrected chi connectivity index (χ1v) is 8.56. The molecule has 1 aliphatic heterocycles. The Bertz CT molecular complexity index is 635. The van der Waals surface area contributed by atoms with E-state index >= 15 is 0 Å². The lowest BCUT2D eigenvalue weighted by molar-refractivity contribution is -0.152. The summed E-state index contributed by atoms with van der Waals surface area (Å²) >= 11 is 0. The monoisotopic (exact) mass is 334 g/mol. The van der Waals surface area contributed by atoms with E-state index in [1.165, 1.54) is 12.1 Å². The molecule has 0 radical (unpaired) electrons. The molecule has 1 aromatic rings. The normalized spacial score (nSPS) is 26.6. The van der Waals surface area contributed by atoms with Gasteiger partial charge in [0.05, 0.1) is 11.1 Å². The molecule has 2 aliphatic rings. The van der Waals surface area contributed by atoms with Gasteiger partial charge in [0, 0.05) is 19.2 Å². The molecule has 1 N–H and O–H groups in total. The Morgan fingerprint density at radius 2 is 1.83 bits per heavy atom. The van der Waals surface area contributed by atoms with Crippen LogP contribution in [-0.4, -0.2) is 29.4 Å². The quantitative estimate of drug-likeness (QED) is 0.858. The van der Waals surface area contributed by atoms with Gasteiger partial charge in [0.1, 0.15) is 11.6 Å². The highest BCUT2D eigenvalue weighted by Crippen LogP contribution is 2.40. The Hall–Kier alpha value is -1.75. The summed E-state index contributed by atoms with van der Waals surface area (Å²) in [5.41, 5.74) is -0.878. The van der Waals surface area contributed by atoms with Gasteiger partial charge in [-0.3, -0.25) is 4.79 Å². The van der Waals surface area contributed by atoms with Crippen LogP contribution in [0.25, 0.3) is 0 Å². The van der Waals surface area contributed by atoms with E-state index in [1.54, 1.807) is 11.0 Å². The topological polar surface area (TPSA) is 32.3 Å². The predicted octanol–water partition coefficient (Wildman–Crippen LogP) is 3.50. The number of rotatable bonds is 3. The molecule has 3 nitrogen and oxygen atoms in total. The van der Waals surface area contributed by atoms with Crippen LogP contribution < -0.4 is 5.32 Å². The van der Waals surface area contributed by atoms with Gasteiger partial charge in [-0.15, -0.1) is 6.58 Å². The van der Waals surface area contributed by atoms with Crippen LogP contribution in [-0.2, 0) is 10.3 Å².